The molecule has 0 unspecified atom stereocenters. The van der Waals surface area contributed by atoms with Gasteiger partial charge in [0, 0.05) is 26.1 Å². The molecule has 0 spiro atoms. The van der Waals surface area contributed by atoms with E-state index >= 15 is 0 Å². The number of halogens is 2. The van der Waals surface area contributed by atoms with Gasteiger partial charge in [-0.1, -0.05) is 17.7 Å². The largest absolute Gasteiger partial charge is 0.497 e. The molecule has 1 N–H and O–H groups in total. The Balaban J connectivity index is 2.12. The van der Waals surface area contributed by atoms with Crippen molar-refractivity contribution in [3.05, 3.63) is 52.8 Å². The Labute approximate surface area is 161 Å². The number of hydrogen-bond donors (Lipinski definition) is 1. The number of nitrogens with one attached hydrogen (secondary N) is 1. The average molecular weight is 395 g/mol. The van der Waals surface area contributed by atoms with Crippen LogP contribution in [0.2, 0.25) is 5.02 Å². The fraction of sp³-hybridized carbons (Fsp3) is 0.263. The van der Waals surface area contributed by atoms with E-state index in [1.165, 1.54) is 38.2 Å². The number of anilines is 1. The van der Waals surface area contributed by atoms with Gasteiger partial charge in [-0.05, 0) is 24.3 Å². The molecule has 0 saturated heterocycles. The number of rotatable bonds is 7. The minimum atomic E-state index is -0.708. The second kappa shape index (κ2) is 9.23. The summed E-state index contributed by atoms with van der Waals surface area (Å²) < 4.78 is 24.3. The van der Waals surface area contributed by atoms with Gasteiger partial charge in [0.1, 0.15) is 17.3 Å². The van der Waals surface area contributed by atoms with E-state index < -0.39 is 11.7 Å². The molecule has 6 nitrogen and oxygen atoms in total. The lowest BCUT2D eigenvalue weighted by Crippen LogP contribution is -2.38. The van der Waals surface area contributed by atoms with E-state index in [4.69, 9.17) is 21.1 Å². The topological polar surface area (TPSA) is 67.9 Å². The molecule has 0 heterocycles. The van der Waals surface area contributed by atoms with Crippen LogP contribution in [0.3, 0.4) is 0 Å². The number of hydrogen-bond acceptors (Lipinski definition) is 4. The Morgan fingerprint density at radius 3 is 2.52 bits per heavy atom. The molecule has 0 aliphatic heterocycles. The van der Waals surface area contributed by atoms with Gasteiger partial charge in [-0.3, -0.25) is 9.59 Å². The molecular formula is C19H20ClFN2O4. The van der Waals surface area contributed by atoms with E-state index in [0.29, 0.717) is 17.2 Å². The van der Waals surface area contributed by atoms with Gasteiger partial charge in [-0.25, -0.2) is 4.39 Å². The number of carbonyl (C=O) groups is 2. The zero-order valence-electron chi connectivity index (χ0n) is 15.2. The molecule has 27 heavy (non-hydrogen) atoms. The lowest BCUT2D eigenvalue weighted by atomic mass is 10.2. The summed E-state index contributed by atoms with van der Waals surface area (Å²) in [6.45, 7) is 1.66. The van der Waals surface area contributed by atoms with Gasteiger partial charge in [0.15, 0.2) is 0 Å². The Kier molecular flexibility index (Phi) is 7.01. The maximum Gasteiger partial charge on any atom is 0.255 e. The number of ether oxygens (including phenoxy) is 2. The number of nitrogens with zero attached hydrogens (tertiary/aromatic N) is 1. The molecule has 0 bridgehead atoms. The molecule has 0 aliphatic rings. The minimum absolute atomic E-state index is 0.0211. The molecule has 8 heteroatoms. The molecule has 0 saturated carbocycles. The predicted molar refractivity (Wildman–Crippen MR) is 101 cm³/mol. The van der Waals surface area contributed by atoms with Gasteiger partial charge in [0.2, 0.25) is 5.91 Å². The summed E-state index contributed by atoms with van der Waals surface area (Å²) in [6, 6.07) is 9.06. The molecule has 0 fully saturated rings. The first-order chi connectivity index (χ1) is 12.9. The van der Waals surface area contributed by atoms with Gasteiger partial charge in [-0.2, -0.15) is 0 Å². The van der Waals surface area contributed by atoms with E-state index in [1.54, 1.807) is 18.2 Å². The van der Waals surface area contributed by atoms with Crippen molar-refractivity contribution in [1.29, 1.82) is 0 Å². The minimum Gasteiger partial charge on any atom is -0.497 e. The molecule has 2 amide bonds. The SMILES string of the molecule is COc1ccc(N(CCNC(=O)c2c(F)cccc2Cl)C(C)=O)c(OC)c1. The third-order valence-electron chi connectivity index (χ3n) is 3.87. The number of amides is 2. The zero-order valence-corrected chi connectivity index (χ0v) is 16.0. The van der Waals surface area contributed by atoms with Gasteiger partial charge >= 0.3 is 0 Å². The van der Waals surface area contributed by atoms with E-state index in [9.17, 15) is 14.0 Å². The lowest BCUT2D eigenvalue weighted by molar-refractivity contribution is -0.116. The van der Waals surface area contributed by atoms with Crippen molar-refractivity contribution in [2.75, 3.05) is 32.2 Å². The van der Waals surface area contributed by atoms with E-state index in [1.807, 2.05) is 0 Å². The van der Waals surface area contributed by atoms with Gasteiger partial charge < -0.3 is 19.7 Å². The summed E-state index contributed by atoms with van der Waals surface area (Å²) in [5.74, 6) is -0.560. The third kappa shape index (κ3) is 4.89. The summed E-state index contributed by atoms with van der Waals surface area (Å²) in [6.07, 6.45) is 0. The third-order valence-corrected chi connectivity index (χ3v) is 4.18. The molecule has 2 rings (SSSR count). The summed E-state index contributed by atoms with van der Waals surface area (Å²) >= 11 is 5.89. The monoisotopic (exact) mass is 394 g/mol. The average Bonchev–Trinajstić information content (AvgIpc) is 2.64. The van der Waals surface area contributed by atoms with Crippen LogP contribution in [-0.2, 0) is 4.79 Å². The normalized spacial score (nSPS) is 10.3. The maximum atomic E-state index is 13.8. The van der Waals surface area contributed by atoms with Crippen LogP contribution in [0.5, 0.6) is 11.5 Å². The molecule has 144 valence electrons. The van der Waals surface area contributed by atoms with Gasteiger partial charge in [0.05, 0.1) is 30.5 Å². The summed E-state index contributed by atoms with van der Waals surface area (Å²) in [5.41, 5.74) is 0.305. The molecule has 0 atom stereocenters. The predicted octanol–water partition coefficient (Wildman–Crippen LogP) is 3.28. The van der Waals surface area contributed by atoms with E-state index in [2.05, 4.69) is 5.32 Å². The molecule has 2 aromatic rings. The van der Waals surface area contributed by atoms with Gasteiger partial charge in [-0.15, -0.1) is 0 Å². The molecule has 0 aliphatic carbocycles. The van der Waals surface area contributed by atoms with Crippen molar-refractivity contribution in [2.24, 2.45) is 0 Å². The van der Waals surface area contributed by atoms with Crippen LogP contribution in [0.4, 0.5) is 10.1 Å². The van der Waals surface area contributed by atoms with E-state index in [-0.39, 0.29) is 29.6 Å². The Morgan fingerprint density at radius 1 is 1.19 bits per heavy atom. The first kappa shape index (κ1) is 20.5. The number of benzene rings is 2. The van der Waals surface area contributed by atoms with Crippen molar-refractivity contribution >= 4 is 29.1 Å². The second-order valence-electron chi connectivity index (χ2n) is 5.56. The smallest absolute Gasteiger partial charge is 0.255 e. The van der Waals surface area contributed by atoms with Crippen LogP contribution < -0.4 is 19.7 Å². The highest BCUT2D eigenvalue weighted by molar-refractivity contribution is 6.33. The standard InChI is InChI=1S/C19H20ClFN2O4/c1-12(24)23(16-8-7-13(26-2)11-17(16)27-3)10-9-22-19(25)18-14(20)5-4-6-15(18)21/h4-8,11H,9-10H2,1-3H3,(H,22,25). The van der Waals surface area contributed by atoms with Crippen molar-refractivity contribution in [2.45, 2.75) is 6.92 Å². The first-order valence-corrected chi connectivity index (χ1v) is 8.49. The van der Waals surface area contributed by atoms with E-state index in [0.717, 1.165) is 6.07 Å². The van der Waals surface area contributed by atoms with Crippen molar-refractivity contribution < 1.29 is 23.5 Å². The van der Waals surface area contributed by atoms with Crippen LogP contribution in [0.25, 0.3) is 0 Å². The van der Waals surface area contributed by atoms with Crippen molar-refractivity contribution in [3.8, 4) is 11.5 Å². The Bertz CT molecular complexity index is 824. The summed E-state index contributed by atoms with van der Waals surface area (Å²) in [7, 11) is 3.01. The highest BCUT2D eigenvalue weighted by atomic mass is 35.5. The number of methoxy groups -OCH3 is 2. The maximum absolute atomic E-state index is 13.8. The van der Waals surface area contributed by atoms with Crippen LogP contribution in [0.1, 0.15) is 17.3 Å². The molecular weight excluding hydrogens is 375 g/mol. The lowest BCUT2D eigenvalue weighted by Gasteiger charge is -2.24. The van der Waals surface area contributed by atoms with Crippen LogP contribution in [-0.4, -0.2) is 39.1 Å². The summed E-state index contributed by atoms with van der Waals surface area (Å²) in [4.78, 5) is 25.7. The van der Waals surface area contributed by atoms with Crippen LogP contribution >= 0.6 is 11.6 Å². The van der Waals surface area contributed by atoms with Gasteiger partial charge in [0.25, 0.3) is 5.91 Å². The zero-order chi connectivity index (χ0) is 20.0. The highest BCUT2D eigenvalue weighted by Gasteiger charge is 2.19. The fourth-order valence-corrected chi connectivity index (χ4v) is 2.79. The second-order valence-corrected chi connectivity index (χ2v) is 5.97. The molecule has 0 aromatic heterocycles. The summed E-state index contributed by atoms with van der Waals surface area (Å²) in [5, 5.41) is 2.59. The van der Waals surface area contributed by atoms with Crippen LogP contribution in [0, 0.1) is 5.82 Å². The first-order valence-electron chi connectivity index (χ1n) is 8.11. The molecule has 0 radical (unpaired) electrons. The van der Waals surface area contributed by atoms with Crippen molar-refractivity contribution in [1.82, 2.24) is 5.32 Å². The number of carbonyl (C=O) groups excluding carboxylic acids is 2. The Hall–Kier alpha value is -2.80. The molecule has 2 aromatic carbocycles. The van der Waals surface area contributed by atoms with Crippen molar-refractivity contribution in [3.63, 3.8) is 0 Å². The quantitative estimate of drug-likeness (QED) is 0.782. The Morgan fingerprint density at radius 2 is 1.93 bits per heavy atom. The fourth-order valence-electron chi connectivity index (χ4n) is 2.54. The van der Waals surface area contributed by atoms with Crippen LogP contribution in [0.15, 0.2) is 36.4 Å². The highest BCUT2D eigenvalue weighted by Crippen LogP contribution is 2.32.